The van der Waals surface area contributed by atoms with Crippen molar-refractivity contribution >= 4 is 17.1 Å². The van der Waals surface area contributed by atoms with Crippen LogP contribution in [0.5, 0.6) is 0 Å². The SMILES string of the molecule is CC(O)(CO)CNC(=O)c1cnn2ccc(N3CCC[C@@H]3c3cc(F)ccc3F)cc12. The Bertz CT molecular complexity index is 1120. The van der Waals surface area contributed by atoms with E-state index in [4.69, 9.17) is 5.11 Å². The minimum Gasteiger partial charge on any atom is -0.393 e. The monoisotopic (exact) mass is 430 g/mol. The van der Waals surface area contributed by atoms with Gasteiger partial charge in [-0.25, -0.2) is 13.3 Å². The molecule has 0 saturated carbocycles. The van der Waals surface area contributed by atoms with Gasteiger partial charge in [-0.15, -0.1) is 0 Å². The third kappa shape index (κ3) is 4.24. The first-order valence-electron chi connectivity index (χ1n) is 10.1. The standard InChI is InChI=1S/C22H24F2N4O3/c1-22(31,13-29)12-25-21(30)17-11-26-28-8-6-15(10-20(17)28)27-7-2-3-19(27)16-9-14(23)4-5-18(16)24/h4-6,8-11,19,29,31H,2-3,7,12-13H2,1H3,(H,25,30)/t19-,22?/m1/s1. The lowest BCUT2D eigenvalue weighted by Gasteiger charge is -2.27. The second-order valence-corrected chi connectivity index (χ2v) is 8.13. The van der Waals surface area contributed by atoms with E-state index in [1.807, 2.05) is 11.0 Å². The molecule has 9 heteroatoms. The predicted molar refractivity (Wildman–Crippen MR) is 111 cm³/mol. The average Bonchev–Trinajstić information content (AvgIpc) is 3.40. The number of carbonyl (C=O) groups is 1. The second kappa shape index (κ2) is 8.24. The number of hydrogen-bond donors (Lipinski definition) is 3. The Labute approximate surface area is 177 Å². The Hall–Kier alpha value is -3.04. The van der Waals surface area contributed by atoms with Crippen LogP contribution >= 0.6 is 0 Å². The number of rotatable bonds is 6. The lowest BCUT2D eigenvalue weighted by atomic mass is 10.0. The number of nitrogens with zero attached hydrogens (tertiary/aromatic N) is 3. The van der Waals surface area contributed by atoms with Gasteiger partial charge in [0.05, 0.1) is 29.9 Å². The Morgan fingerprint density at radius 3 is 2.90 bits per heavy atom. The summed E-state index contributed by atoms with van der Waals surface area (Å²) in [7, 11) is 0. The fourth-order valence-corrected chi connectivity index (χ4v) is 3.91. The number of fused-ring (bicyclic) bond motifs is 1. The number of benzene rings is 1. The quantitative estimate of drug-likeness (QED) is 0.559. The highest BCUT2D eigenvalue weighted by atomic mass is 19.1. The Morgan fingerprint density at radius 2 is 2.13 bits per heavy atom. The zero-order valence-electron chi connectivity index (χ0n) is 17.1. The van der Waals surface area contributed by atoms with Crippen LogP contribution in [0.2, 0.25) is 0 Å². The van der Waals surface area contributed by atoms with E-state index in [1.54, 1.807) is 16.8 Å². The van der Waals surface area contributed by atoms with Crippen LogP contribution in [0.4, 0.5) is 14.5 Å². The molecule has 164 valence electrons. The van der Waals surface area contributed by atoms with Gasteiger partial charge in [-0.05, 0) is 50.1 Å². The summed E-state index contributed by atoms with van der Waals surface area (Å²) in [5, 5.41) is 25.8. The summed E-state index contributed by atoms with van der Waals surface area (Å²) in [6.45, 7) is 1.48. The summed E-state index contributed by atoms with van der Waals surface area (Å²) in [6, 6.07) is 6.80. The van der Waals surface area contributed by atoms with Crippen molar-refractivity contribution < 1.29 is 23.8 Å². The molecule has 1 unspecified atom stereocenters. The van der Waals surface area contributed by atoms with Crippen LogP contribution in [0.1, 0.15) is 41.7 Å². The number of nitrogens with one attached hydrogen (secondary N) is 1. The van der Waals surface area contributed by atoms with Crippen molar-refractivity contribution in [3.05, 3.63) is 65.5 Å². The number of hydrogen-bond acceptors (Lipinski definition) is 5. The number of amides is 1. The molecule has 7 nitrogen and oxygen atoms in total. The number of carbonyl (C=O) groups excluding carboxylic acids is 1. The number of aromatic nitrogens is 2. The molecule has 4 rings (SSSR count). The average molecular weight is 430 g/mol. The lowest BCUT2D eigenvalue weighted by molar-refractivity contribution is 0.00321. The molecule has 1 aromatic carbocycles. The third-order valence-corrected chi connectivity index (χ3v) is 5.62. The molecule has 2 aromatic heterocycles. The number of anilines is 1. The van der Waals surface area contributed by atoms with Gasteiger partial charge in [-0.3, -0.25) is 4.79 Å². The maximum absolute atomic E-state index is 14.4. The molecule has 3 N–H and O–H groups in total. The van der Waals surface area contributed by atoms with Crippen molar-refractivity contribution in [1.29, 1.82) is 0 Å². The first-order valence-corrected chi connectivity index (χ1v) is 10.1. The first-order chi connectivity index (χ1) is 14.8. The van der Waals surface area contributed by atoms with Gasteiger partial charge >= 0.3 is 0 Å². The van der Waals surface area contributed by atoms with E-state index in [2.05, 4.69) is 10.4 Å². The van der Waals surface area contributed by atoms with Crippen LogP contribution in [0.3, 0.4) is 0 Å². The minimum atomic E-state index is -1.43. The summed E-state index contributed by atoms with van der Waals surface area (Å²) in [5.41, 5.74) is 0.514. The van der Waals surface area contributed by atoms with Gasteiger partial charge in [0.15, 0.2) is 0 Å². The van der Waals surface area contributed by atoms with E-state index >= 15 is 0 Å². The van der Waals surface area contributed by atoms with Crippen LogP contribution in [0.15, 0.2) is 42.7 Å². The fraction of sp³-hybridized carbons (Fsp3) is 0.364. The van der Waals surface area contributed by atoms with Crippen molar-refractivity contribution in [3.8, 4) is 0 Å². The van der Waals surface area contributed by atoms with Crippen molar-refractivity contribution in [2.75, 3.05) is 24.6 Å². The molecular weight excluding hydrogens is 406 g/mol. The molecule has 0 radical (unpaired) electrons. The van der Waals surface area contributed by atoms with E-state index in [0.29, 0.717) is 29.6 Å². The minimum absolute atomic E-state index is 0.119. The zero-order chi connectivity index (χ0) is 22.2. The van der Waals surface area contributed by atoms with Gasteiger partial charge in [-0.2, -0.15) is 5.10 Å². The van der Waals surface area contributed by atoms with E-state index < -0.39 is 29.7 Å². The molecule has 1 aliphatic heterocycles. The Morgan fingerprint density at radius 1 is 1.32 bits per heavy atom. The summed E-state index contributed by atoms with van der Waals surface area (Å²) in [6.07, 6.45) is 4.65. The number of aliphatic hydroxyl groups excluding tert-OH is 1. The van der Waals surface area contributed by atoms with Crippen LogP contribution in [-0.4, -0.2) is 51.0 Å². The smallest absolute Gasteiger partial charge is 0.255 e. The van der Waals surface area contributed by atoms with Crippen molar-refractivity contribution in [1.82, 2.24) is 14.9 Å². The lowest BCUT2D eigenvalue weighted by Crippen LogP contribution is -2.43. The molecule has 1 aliphatic rings. The largest absolute Gasteiger partial charge is 0.393 e. The Balaban J connectivity index is 1.64. The molecule has 1 fully saturated rings. The molecule has 31 heavy (non-hydrogen) atoms. The van der Waals surface area contributed by atoms with Crippen molar-refractivity contribution in [3.63, 3.8) is 0 Å². The summed E-state index contributed by atoms with van der Waals surface area (Å²) in [5.74, 6) is -1.36. The van der Waals surface area contributed by atoms with E-state index in [9.17, 15) is 18.7 Å². The van der Waals surface area contributed by atoms with Crippen LogP contribution in [-0.2, 0) is 0 Å². The van der Waals surface area contributed by atoms with Crippen LogP contribution in [0.25, 0.3) is 5.52 Å². The second-order valence-electron chi connectivity index (χ2n) is 8.13. The summed E-state index contributed by atoms with van der Waals surface area (Å²) in [4.78, 5) is 14.6. The Kier molecular flexibility index (Phi) is 5.63. The maximum Gasteiger partial charge on any atom is 0.255 e. The van der Waals surface area contributed by atoms with Gasteiger partial charge < -0.3 is 20.4 Å². The molecule has 0 spiro atoms. The van der Waals surface area contributed by atoms with Crippen LogP contribution < -0.4 is 10.2 Å². The normalized spacial score (nSPS) is 18.4. The highest BCUT2D eigenvalue weighted by molar-refractivity contribution is 6.01. The molecule has 1 amide bonds. The number of aliphatic hydroxyl groups is 2. The molecule has 3 heterocycles. The third-order valence-electron chi connectivity index (χ3n) is 5.62. The van der Waals surface area contributed by atoms with Gasteiger partial charge in [-0.1, -0.05) is 0 Å². The zero-order valence-corrected chi connectivity index (χ0v) is 17.1. The molecule has 1 saturated heterocycles. The molecule has 3 aromatic rings. The molecular formula is C22H24F2N4O3. The summed E-state index contributed by atoms with van der Waals surface area (Å²) >= 11 is 0. The van der Waals surface area contributed by atoms with Gasteiger partial charge in [0.2, 0.25) is 0 Å². The first kappa shape index (κ1) is 21.2. The molecule has 0 bridgehead atoms. The van der Waals surface area contributed by atoms with Crippen molar-refractivity contribution in [2.24, 2.45) is 0 Å². The maximum atomic E-state index is 14.4. The number of halogens is 2. The van der Waals surface area contributed by atoms with Crippen LogP contribution in [0, 0.1) is 11.6 Å². The predicted octanol–water partition coefficient (Wildman–Crippen LogP) is 2.43. The number of pyridine rings is 1. The van der Waals surface area contributed by atoms with E-state index in [1.165, 1.54) is 19.2 Å². The van der Waals surface area contributed by atoms with Gasteiger partial charge in [0.1, 0.15) is 17.2 Å². The van der Waals surface area contributed by atoms with Gasteiger partial charge in [0, 0.05) is 30.5 Å². The van der Waals surface area contributed by atoms with Crippen molar-refractivity contribution in [2.45, 2.75) is 31.4 Å². The fourth-order valence-electron chi connectivity index (χ4n) is 3.91. The highest BCUT2D eigenvalue weighted by Gasteiger charge is 2.29. The summed E-state index contributed by atoms with van der Waals surface area (Å²) < 4.78 is 29.7. The molecule has 0 aliphatic carbocycles. The van der Waals surface area contributed by atoms with Gasteiger partial charge in [0.25, 0.3) is 5.91 Å². The molecule has 2 atom stereocenters. The highest BCUT2D eigenvalue weighted by Crippen LogP contribution is 2.38. The van der Waals surface area contributed by atoms with E-state index in [-0.39, 0.29) is 12.6 Å². The topological polar surface area (TPSA) is 90.1 Å². The van der Waals surface area contributed by atoms with E-state index in [0.717, 1.165) is 24.2 Å².